The topological polar surface area (TPSA) is 88.2 Å². The van der Waals surface area contributed by atoms with E-state index in [1.54, 1.807) is 30.0 Å². The molecule has 1 fully saturated rings. The number of nitrogens with zero attached hydrogens (tertiary/aromatic N) is 2. The summed E-state index contributed by atoms with van der Waals surface area (Å²) in [4.78, 5) is 41.8. The first kappa shape index (κ1) is 22.6. The Balaban J connectivity index is 1.50. The minimum absolute atomic E-state index is 0.271. The molecule has 0 bridgehead atoms. The van der Waals surface area contributed by atoms with Gasteiger partial charge in [0.1, 0.15) is 25.3 Å². The largest absolute Gasteiger partial charge is 0.486 e. The minimum atomic E-state index is -1.29. The second kappa shape index (κ2) is 9.13. The standard InChI is InChI=1S/C25H29N3O5/c1-4-11-27(15-18-7-5-17(2)6-8-18)22(29)16-28-23(30)25(3,26-24(28)31)19-9-10-20-21(14-19)33-13-12-32-20/h5-10,14H,4,11-13,15-16H2,1-3H3,(H,26,31). The number of benzene rings is 2. The van der Waals surface area contributed by atoms with Gasteiger partial charge in [0.2, 0.25) is 5.91 Å². The third-order valence-corrected chi connectivity index (χ3v) is 6.03. The lowest BCUT2D eigenvalue weighted by Crippen LogP contribution is -2.44. The monoisotopic (exact) mass is 451 g/mol. The highest BCUT2D eigenvalue weighted by atomic mass is 16.6. The number of amides is 4. The number of nitrogens with one attached hydrogen (secondary N) is 1. The third kappa shape index (κ3) is 4.51. The Morgan fingerprint density at radius 3 is 2.48 bits per heavy atom. The number of fused-ring (bicyclic) bond motifs is 1. The minimum Gasteiger partial charge on any atom is -0.486 e. The Morgan fingerprint density at radius 1 is 1.09 bits per heavy atom. The van der Waals surface area contributed by atoms with Crippen LogP contribution in [0.2, 0.25) is 0 Å². The molecule has 2 aliphatic heterocycles. The van der Waals surface area contributed by atoms with E-state index in [4.69, 9.17) is 9.47 Å². The van der Waals surface area contributed by atoms with Crippen LogP contribution in [0.15, 0.2) is 42.5 Å². The molecule has 0 aliphatic carbocycles. The molecule has 0 aromatic heterocycles. The number of hydrogen-bond donors (Lipinski definition) is 1. The summed E-state index contributed by atoms with van der Waals surface area (Å²) in [6.07, 6.45) is 0.770. The molecule has 2 aliphatic rings. The van der Waals surface area contributed by atoms with E-state index >= 15 is 0 Å². The summed E-state index contributed by atoms with van der Waals surface area (Å²) in [5.74, 6) is 0.393. The van der Waals surface area contributed by atoms with Crippen LogP contribution in [0.4, 0.5) is 4.79 Å². The first-order valence-electron chi connectivity index (χ1n) is 11.2. The van der Waals surface area contributed by atoms with Crippen molar-refractivity contribution in [2.24, 2.45) is 0 Å². The second-order valence-corrected chi connectivity index (χ2v) is 8.61. The van der Waals surface area contributed by atoms with Crippen LogP contribution < -0.4 is 14.8 Å². The van der Waals surface area contributed by atoms with Gasteiger partial charge in [0.25, 0.3) is 5.91 Å². The quantitative estimate of drug-likeness (QED) is 0.654. The zero-order chi connectivity index (χ0) is 23.6. The van der Waals surface area contributed by atoms with Crippen molar-refractivity contribution in [3.8, 4) is 11.5 Å². The molecule has 4 amide bonds. The van der Waals surface area contributed by atoms with Crippen LogP contribution in [-0.2, 0) is 21.7 Å². The molecule has 0 saturated carbocycles. The number of ether oxygens (including phenoxy) is 2. The number of carbonyl (C=O) groups excluding carboxylic acids is 3. The van der Waals surface area contributed by atoms with Crippen molar-refractivity contribution in [3.63, 3.8) is 0 Å². The Hall–Kier alpha value is -3.55. The fourth-order valence-corrected chi connectivity index (χ4v) is 4.10. The molecular weight excluding hydrogens is 422 g/mol. The van der Waals surface area contributed by atoms with E-state index in [1.165, 1.54) is 0 Å². The highest BCUT2D eigenvalue weighted by molar-refractivity contribution is 6.09. The molecule has 1 saturated heterocycles. The van der Waals surface area contributed by atoms with Gasteiger partial charge in [0.15, 0.2) is 11.5 Å². The fourth-order valence-electron chi connectivity index (χ4n) is 4.10. The maximum atomic E-state index is 13.3. The van der Waals surface area contributed by atoms with Crippen LogP contribution in [0, 0.1) is 6.92 Å². The number of aryl methyl sites for hydroxylation is 1. The van der Waals surface area contributed by atoms with E-state index < -0.39 is 17.5 Å². The highest BCUT2D eigenvalue weighted by Crippen LogP contribution is 2.36. The Bertz CT molecular complexity index is 1070. The number of carbonyl (C=O) groups is 3. The molecule has 174 valence electrons. The summed E-state index contributed by atoms with van der Waals surface area (Å²) in [5, 5.41) is 2.76. The molecule has 2 aromatic rings. The van der Waals surface area contributed by atoms with E-state index in [-0.39, 0.29) is 12.5 Å². The van der Waals surface area contributed by atoms with Crippen LogP contribution in [0.3, 0.4) is 0 Å². The van der Waals surface area contributed by atoms with Crippen molar-refractivity contribution in [1.29, 1.82) is 0 Å². The van der Waals surface area contributed by atoms with Crippen molar-refractivity contribution in [3.05, 3.63) is 59.2 Å². The molecule has 4 rings (SSSR count). The first-order chi connectivity index (χ1) is 15.8. The lowest BCUT2D eigenvalue weighted by atomic mass is 9.91. The molecule has 2 heterocycles. The molecular formula is C25H29N3O5. The molecule has 1 atom stereocenters. The maximum Gasteiger partial charge on any atom is 0.325 e. The average molecular weight is 452 g/mol. The van der Waals surface area contributed by atoms with Crippen molar-refractivity contribution in [2.45, 2.75) is 39.3 Å². The van der Waals surface area contributed by atoms with Gasteiger partial charge in [-0.1, -0.05) is 42.8 Å². The van der Waals surface area contributed by atoms with Gasteiger partial charge in [-0.05, 0) is 43.5 Å². The van der Waals surface area contributed by atoms with Gasteiger partial charge in [-0.2, -0.15) is 0 Å². The van der Waals surface area contributed by atoms with Gasteiger partial charge >= 0.3 is 6.03 Å². The van der Waals surface area contributed by atoms with Crippen LogP contribution in [0.25, 0.3) is 0 Å². The Morgan fingerprint density at radius 2 is 1.79 bits per heavy atom. The molecule has 2 aromatic carbocycles. The highest BCUT2D eigenvalue weighted by Gasteiger charge is 2.50. The van der Waals surface area contributed by atoms with E-state index in [1.807, 2.05) is 38.1 Å². The van der Waals surface area contributed by atoms with Gasteiger partial charge in [-0.15, -0.1) is 0 Å². The van der Waals surface area contributed by atoms with Crippen LogP contribution in [0.5, 0.6) is 11.5 Å². The predicted octanol–water partition coefficient (Wildman–Crippen LogP) is 2.97. The summed E-state index contributed by atoms with van der Waals surface area (Å²) in [5.41, 5.74) is 1.43. The van der Waals surface area contributed by atoms with Crippen LogP contribution in [0.1, 0.15) is 37.0 Å². The molecule has 0 spiro atoms. The van der Waals surface area contributed by atoms with Crippen molar-refractivity contribution >= 4 is 17.8 Å². The summed E-state index contributed by atoms with van der Waals surface area (Å²) < 4.78 is 11.2. The summed E-state index contributed by atoms with van der Waals surface area (Å²) in [7, 11) is 0. The first-order valence-corrected chi connectivity index (χ1v) is 11.2. The maximum absolute atomic E-state index is 13.3. The predicted molar refractivity (Wildman–Crippen MR) is 122 cm³/mol. The Labute approximate surface area is 193 Å². The second-order valence-electron chi connectivity index (χ2n) is 8.61. The van der Waals surface area contributed by atoms with E-state index in [0.717, 1.165) is 22.4 Å². The average Bonchev–Trinajstić information content (AvgIpc) is 3.03. The SMILES string of the molecule is CCCN(Cc1ccc(C)cc1)C(=O)CN1C(=O)NC(C)(c2ccc3c(c2)OCCO3)C1=O. The zero-order valence-corrected chi connectivity index (χ0v) is 19.2. The number of imide groups is 1. The number of urea groups is 1. The smallest absolute Gasteiger partial charge is 0.325 e. The molecule has 33 heavy (non-hydrogen) atoms. The lowest BCUT2D eigenvalue weighted by Gasteiger charge is -2.26. The normalized spacial score (nSPS) is 19.4. The molecule has 1 unspecified atom stereocenters. The number of hydrogen-bond acceptors (Lipinski definition) is 5. The zero-order valence-electron chi connectivity index (χ0n) is 19.2. The summed E-state index contributed by atoms with van der Waals surface area (Å²) in [6, 6.07) is 12.6. The third-order valence-electron chi connectivity index (χ3n) is 6.03. The molecule has 1 N–H and O–H groups in total. The van der Waals surface area contributed by atoms with E-state index in [2.05, 4.69) is 5.32 Å². The van der Waals surface area contributed by atoms with Crippen molar-refractivity contribution in [1.82, 2.24) is 15.1 Å². The molecule has 8 nitrogen and oxygen atoms in total. The Kier molecular flexibility index (Phi) is 6.26. The van der Waals surface area contributed by atoms with E-state index in [9.17, 15) is 14.4 Å². The van der Waals surface area contributed by atoms with Gasteiger partial charge in [0, 0.05) is 13.1 Å². The van der Waals surface area contributed by atoms with Gasteiger partial charge in [-0.3, -0.25) is 14.5 Å². The van der Waals surface area contributed by atoms with Crippen molar-refractivity contribution in [2.75, 3.05) is 26.3 Å². The lowest BCUT2D eigenvalue weighted by molar-refractivity contribution is -0.139. The van der Waals surface area contributed by atoms with Gasteiger partial charge in [-0.25, -0.2) is 4.79 Å². The number of rotatable bonds is 7. The van der Waals surface area contributed by atoms with Crippen LogP contribution >= 0.6 is 0 Å². The van der Waals surface area contributed by atoms with Crippen LogP contribution in [-0.4, -0.2) is 53.9 Å². The van der Waals surface area contributed by atoms with Crippen molar-refractivity contribution < 1.29 is 23.9 Å². The van der Waals surface area contributed by atoms with E-state index in [0.29, 0.717) is 43.4 Å². The van der Waals surface area contributed by atoms with Gasteiger partial charge < -0.3 is 19.7 Å². The fraction of sp³-hybridized carbons (Fsp3) is 0.400. The summed E-state index contributed by atoms with van der Waals surface area (Å²) >= 11 is 0. The summed E-state index contributed by atoms with van der Waals surface area (Å²) in [6.45, 7) is 7.17. The van der Waals surface area contributed by atoms with Gasteiger partial charge in [0.05, 0.1) is 0 Å². The molecule has 0 radical (unpaired) electrons. The molecule has 8 heteroatoms.